The van der Waals surface area contributed by atoms with E-state index in [9.17, 15) is 4.79 Å². The first-order valence-electron chi connectivity index (χ1n) is 8.13. The summed E-state index contributed by atoms with van der Waals surface area (Å²) in [4.78, 5) is 11.9. The lowest BCUT2D eigenvalue weighted by Gasteiger charge is -2.08. The minimum absolute atomic E-state index is 0.216. The van der Waals surface area contributed by atoms with Crippen LogP contribution in [0.5, 0.6) is 0 Å². The zero-order valence-corrected chi connectivity index (χ0v) is 13.9. The normalized spacial score (nSPS) is 11.0. The molecule has 0 radical (unpaired) electrons. The second kappa shape index (κ2) is 9.33. The van der Waals surface area contributed by atoms with E-state index in [-0.39, 0.29) is 19.1 Å². The van der Waals surface area contributed by atoms with Crippen LogP contribution in [0.2, 0.25) is 0 Å². The average Bonchev–Trinajstić information content (AvgIpc) is 2.96. The number of aryl methyl sites for hydroxylation is 1. The third kappa shape index (κ3) is 5.37. The molecule has 126 valence electrons. The standard InChI is InChI=1S/C18H25NO4/c1-3-15-5-6-17-16(13-15)7-8-19(17)14-18(20)23-12-11-22-10-9-21-4-2/h5-8,13H,3-4,9-12,14H2,1-2H3. The number of hydrogen-bond acceptors (Lipinski definition) is 4. The Kier molecular flexibility index (Phi) is 7.10. The van der Waals surface area contributed by atoms with Gasteiger partial charge in [0, 0.05) is 18.3 Å². The van der Waals surface area contributed by atoms with Crippen molar-refractivity contribution in [1.29, 1.82) is 0 Å². The maximum atomic E-state index is 11.9. The third-order valence-corrected chi connectivity index (χ3v) is 3.61. The highest BCUT2D eigenvalue weighted by molar-refractivity contribution is 5.82. The van der Waals surface area contributed by atoms with Crippen LogP contribution in [0.3, 0.4) is 0 Å². The van der Waals surface area contributed by atoms with Crippen LogP contribution in [-0.2, 0) is 32.0 Å². The Balaban J connectivity index is 1.75. The van der Waals surface area contributed by atoms with Crippen molar-refractivity contribution in [2.75, 3.05) is 33.0 Å². The molecule has 2 aromatic rings. The van der Waals surface area contributed by atoms with Gasteiger partial charge in [0.1, 0.15) is 13.2 Å². The first-order valence-corrected chi connectivity index (χ1v) is 8.13. The fourth-order valence-electron chi connectivity index (χ4n) is 2.37. The number of fused-ring (bicyclic) bond motifs is 1. The molecular formula is C18H25NO4. The Morgan fingerprint density at radius 2 is 1.83 bits per heavy atom. The van der Waals surface area contributed by atoms with Crippen LogP contribution in [0.25, 0.3) is 10.9 Å². The molecule has 0 atom stereocenters. The lowest BCUT2D eigenvalue weighted by molar-refractivity contribution is -0.145. The molecule has 1 aromatic heterocycles. The highest BCUT2D eigenvalue weighted by Crippen LogP contribution is 2.18. The maximum absolute atomic E-state index is 11.9. The molecule has 2 rings (SSSR count). The van der Waals surface area contributed by atoms with E-state index in [1.807, 2.05) is 23.8 Å². The van der Waals surface area contributed by atoms with Crippen LogP contribution in [0.1, 0.15) is 19.4 Å². The summed E-state index contributed by atoms with van der Waals surface area (Å²) in [6.07, 6.45) is 2.93. The molecule has 0 fully saturated rings. The van der Waals surface area contributed by atoms with E-state index in [0.717, 1.165) is 17.3 Å². The summed E-state index contributed by atoms with van der Waals surface area (Å²) in [6, 6.07) is 8.33. The van der Waals surface area contributed by atoms with Crippen LogP contribution in [-0.4, -0.2) is 43.6 Å². The fraction of sp³-hybridized carbons (Fsp3) is 0.500. The van der Waals surface area contributed by atoms with Crippen LogP contribution in [0, 0.1) is 0 Å². The number of nitrogens with zero attached hydrogens (tertiary/aromatic N) is 1. The molecule has 0 aliphatic carbocycles. The molecule has 0 aliphatic rings. The Morgan fingerprint density at radius 1 is 1.04 bits per heavy atom. The van der Waals surface area contributed by atoms with E-state index in [1.54, 1.807) is 0 Å². The summed E-state index contributed by atoms with van der Waals surface area (Å²) in [5.41, 5.74) is 2.34. The second-order valence-corrected chi connectivity index (χ2v) is 5.22. The average molecular weight is 319 g/mol. The molecule has 0 bridgehead atoms. The van der Waals surface area contributed by atoms with Crippen LogP contribution in [0.15, 0.2) is 30.5 Å². The van der Waals surface area contributed by atoms with Crippen molar-refractivity contribution in [3.05, 3.63) is 36.0 Å². The number of ether oxygens (including phenoxy) is 3. The second-order valence-electron chi connectivity index (χ2n) is 5.22. The summed E-state index contributed by atoms with van der Waals surface area (Å²) in [6.45, 7) is 6.72. The molecule has 0 saturated carbocycles. The van der Waals surface area contributed by atoms with E-state index in [4.69, 9.17) is 14.2 Å². The van der Waals surface area contributed by atoms with Crippen LogP contribution in [0.4, 0.5) is 0 Å². The highest BCUT2D eigenvalue weighted by atomic mass is 16.6. The molecule has 1 aromatic carbocycles. The Bertz CT molecular complexity index is 621. The number of benzene rings is 1. The highest BCUT2D eigenvalue weighted by Gasteiger charge is 2.07. The lowest BCUT2D eigenvalue weighted by atomic mass is 10.1. The molecule has 0 aliphatic heterocycles. The first kappa shape index (κ1) is 17.5. The van der Waals surface area contributed by atoms with Gasteiger partial charge in [-0.1, -0.05) is 13.0 Å². The van der Waals surface area contributed by atoms with Gasteiger partial charge in [0.15, 0.2) is 0 Å². The van der Waals surface area contributed by atoms with Crippen molar-refractivity contribution in [3.63, 3.8) is 0 Å². The van der Waals surface area contributed by atoms with Crippen molar-refractivity contribution in [2.45, 2.75) is 26.8 Å². The maximum Gasteiger partial charge on any atom is 0.326 e. The number of carbonyl (C=O) groups is 1. The van der Waals surface area contributed by atoms with E-state index in [0.29, 0.717) is 26.4 Å². The topological polar surface area (TPSA) is 49.7 Å². The molecule has 0 spiro atoms. The number of aromatic nitrogens is 1. The predicted octanol–water partition coefficient (Wildman–Crippen LogP) is 2.80. The summed E-state index contributed by atoms with van der Waals surface area (Å²) in [5.74, 6) is -0.254. The summed E-state index contributed by atoms with van der Waals surface area (Å²) >= 11 is 0. The van der Waals surface area contributed by atoms with E-state index in [2.05, 4.69) is 25.1 Å². The van der Waals surface area contributed by atoms with Gasteiger partial charge in [0.05, 0.1) is 19.8 Å². The lowest BCUT2D eigenvalue weighted by Crippen LogP contribution is -2.16. The van der Waals surface area contributed by atoms with Crippen LogP contribution >= 0.6 is 0 Å². The predicted molar refractivity (Wildman–Crippen MR) is 89.6 cm³/mol. The Hall–Kier alpha value is -1.85. The van der Waals surface area contributed by atoms with Gasteiger partial charge in [-0.3, -0.25) is 4.79 Å². The van der Waals surface area contributed by atoms with E-state index in [1.165, 1.54) is 5.56 Å². The minimum Gasteiger partial charge on any atom is -0.462 e. The number of esters is 1. The summed E-state index contributed by atoms with van der Waals surface area (Å²) < 4.78 is 17.6. The third-order valence-electron chi connectivity index (χ3n) is 3.61. The van der Waals surface area contributed by atoms with Crippen molar-refractivity contribution >= 4 is 16.9 Å². The molecule has 0 amide bonds. The molecule has 1 heterocycles. The zero-order valence-electron chi connectivity index (χ0n) is 13.9. The van der Waals surface area contributed by atoms with Crippen molar-refractivity contribution in [2.24, 2.45) is 0 Å². The van der Waals surface area contributed by atoms with Crippen LogP contribution < -0.4 is 0 Å². The smallest absolute Gasteiger partial charge is 0.326 e. The van der Waals surface area contributed by atoms with Crippen molar-refractivity contribution < 1.29 is 19.0 Å². The van der Waals surface area contributed by atoms with E-state index < -0.39 is 0 Å². The molecular weight excluding hydrogens is 294 g/mol. The molecule has 5 nitrogen and oxygen atoms in total. The Labute approximate surface area is 137 Å². The SMILES string of the molecule is CCOCCOCCOC(=O)Cn1ccc2cc(CC)ccc21. The molecule has 5 heteroatoms. The van der Waals surface area contributed by atoms with Crippen molar-refractivity contribution in [3.8, 4) is 0 Å². The van der Waals surface area contributed by atoms with Gasteiger partial charge >= 0.3 is 5.97 Å². The molecule has 0 unspecified atom stereocenters. The van der Waals surface area contributed by atoms with Gasteiger partial charge in [-0.25, -0.2) is 0 Å². The number of hydrogen-bond donors (Lipinski definition) is 0. The van der Waals surface area contributed by atoms with Gasteiger partial charge in [-0.2, -0.15) is 0 Å². The number of rotatable bonds is 10. The number of carbonyl (C=O) groups excluding carboxylic acids is 1. The monoisotopic (exact) mass is 319 g/mol. The van der Waals surface area contributed by atoms with Gasteiger partial charge in [-0.05, 0) is 42.5 Å². The molecule has 0 N–H and O–H groups in total. The first-order chi connectivity index (χ1) is 11.2. The minimum atomic E-state index is -0.254. The summed E-state index contributed by atoms with van der Waals surface area (Å²) in [5, 5.41) is 1.15. The zero-order chi connectivity index (χ0) is 16.5. The fourth-order valence-corrected chi connectivity index (χ4v) is 2.37. The quantitative estimate of drug-likeness (QED) is 0.499. The molecule has 0 saturated heterocycles. The van der Waals surface area contributed by atoms with E-state index >= 15 is 0 Å². The largest absolute Gasteiger partial charge is 0.462 e. The van der Waals surface area contributed by atoms with Gasteiger partial charge in [-0.15, -0.1) is 0 Å². The van der Waals surface area contributed by atoms with Crippen molar-refractivity contribution in [1.82, 2.24) is 4.57 Å². The Morgan fingerprint density at radius 3 is 2.61 bits per heavy atom. The van der Waals surface area contributed by atoms with Gasteiger partial charge < -0.3 is 18.8 Å². The van der Waals surface area contributed by atoms with Gasteiger partial charge in [0.2, 0.25) is 0 Å². The summed E-state index contributed by atoms with van der Waals surface area (Å²) in [7, 11) is 0. The molecule has 23 heavy (non-hydrogen) atoms. The van der Waals surface area contributed by atoms with Gasteiger partial charge in [0.25, 0.3) is 0 Å².